The molecule has 0 spiro atoms. The van der Waals surface area contributed by atoms with E-state index in [2.05, 4.69) is 15.5 Å². The van der Waals surface area contributed by atoms with E-state index in [-0.39, 0.29) is 30.5 Å². The van der Waals surface area contributed by atoms with Crippen LogP contribution in [0.5, 0.6) is 0 Å². The molecule has 0 saturated heterocycles. The SMILES string of the molecule is CC[C@H](C)N(CCC(=O)Nc1nnc(-c2ccc(Cl)cc2)s1)C(=O)c1cccc(C(F)(F)F)c1. The maximum atomic E-state index is 13.1. The highest BCUT2D eigenvalue weighted by molar-refractivity contribution is 7.18. The van der Waals surface area contributed by atoms with Crippen LogP contribution < -0.4 is 5.32 Å². The normalized spacial score (nSPS) is 12.3. The lowest BCUT2D eigenvalue weighted by atomic mass is 10.1. The molecule has 34 heavy (non-hydrogen) atoms. The summed E-state index contributed by atoms with van der Waals surface area (Å²) in [6.45, 7) is 3.68. The molecule has 11 heteroatoms. The number of alkyl halides is 3. The first-order valence-electron chi connectivity index (χ1n) is 10.5. The topological polar surface area (TPSA) is 75.2 Å². The molecule has 0 bridgehead atoms. The number of nitrogens with one attached hydrogen (secondary N) is 1. The Bertz CT molecular complexity index is 1150. The molecule has 0 saturated carbocycles. The Hall–Kier alpha value is -2.98. The summed E-state index contributed by atoms with van der Waals surface area (Å²) in [5.74, 6) is -0.946. The van der Waals surface area contributed by atoms with Crippen molar-refractivity contribution in [3.63, 3.8) is 0 Å². The lowest BCUT2D eigenvalue weighted by molar-refractivity contribution is -0.137. The number of rotatable bonds is 8. The second-order valence-corrected chi connectivity index (χ2v) is 8.97. The average molecular weight is 511 g/mol. The van der Waals surface area contributed by atoms with Gasteiger partial charge in [0, 0.05) is 35.2 Å². The summed E-state index contributed by atoms with van der Waals surface area (Å²) in [5.41, 5.74) is -0.169. The number of aromatic nitrogens is 2. The minimum absolute atomic E-state index is 0.0404. The van der Waals surface area contributed by atoms with Gasteiger partial charge < -0.3 is 10.2 Å². The minimum Gasteiger partial charge on any atom is -0.335 e. The van der Waals surface area contributed by atoms with E-state index in [9.17, 15) is 22.8 Å². The monoisotopic (exact) mass is 510 g/mol. The third-order valence-corrected chi connectivity index (χ3v) is 6.30. The highest BCUT2D eigenvalue weighted by Crippen LogP contribution is 2.30. The van der Waals surface area contributed by atoms with Crippen molar-refractivity contribution >= 4 is 39.9 Å². The van der Waals surface area contributed by atoms with Gasteiger partial charge >= 0.3 is 6.18 Å². The third-order valence-electron chi connectivity index (χ3n) is 5.16. The summed E-state index contributed by atoms with van der Waals surface area (Å²) >= 11 is 7.08. The zero-order valence-corrected chi connectivity index (χ0v) is 20.0. The highest BCUT2D eigenvalue weighted by atomic mass is 35.5. The molecule has 0 aliphatic carbocycles. The number of anilines is 1. The van der Waals surface area contributed by atoms with Gasteiger partial charge in [0.05, 0.1) is 5.56 Å². The number of hydrogen-bond donors (Lipinski definition) is 1. The van der Waals surface area contributed by atoms with Crippen molar-refractivity contribution in [1.29, 1.82) is 0 Å². The van der Waals surface area contributed by atoms with Crippen molar-refractivity contribution in [1.82, 2.24) is 15.1 Å². The fourth-order valence-corrected chi connectivity index (χ4v) is 4.01. The molecule has 0 aliphatic rings. The van der Waals surface area contributed by atoms with Crippen LogP contribution in [0.3, 0.4) is 0 Å². The first-order valence-corrected chi connectivity index (χ1v) is 11.7. The number of benzene rings is 2. The first-order chi connectivity index (χ1) is 16.1. The lowest BCUT2D eigenvalue weighted by Crippen LogP contribution is -2.40. The zero-order valence-electron chi connectivity index (χ0n) is 18.4. The van der Waals surface area contributed by atoms with Crippen LogP contribution in [-0.2, 0) is 11.0 Å². The summed E-state index contributed by atoms with van der Waals surface area (Å²) in [4.78, 5) is 26.9. The number of hydrogen-bond acceptors (Lipinski definition) is 5. The van der Waals surface area contributed by atoms with Crippen molar-refractivity contribution in [3.05, 3.63) is 64.7 Å². The van der Waals surface area contributed by atoms with Crippen LogP contribution in [0.4, 0.5) is 18.3 Å². The molecule has 0 aliphatic heterocycles. The van der Waals surface area contributed by atoms with E-state index in [1.54, 1.807) is 31.2 Å². The van der Waals surface area contributed by atoms with Crippen molar-refractivity contribution in [2.24, 2.45) is 0 Å². The van der Waals surface area contributed by atoms with Crippen LogP contribution in [-0.4, -0.2) is 39.5 Å². The third kappa shape index (κ3) is 6.54. The van der Waals surface area contributed by atoms with Gasteiger partial charge in [-0.1, -0.05) is 48.1 Å². The number of halogens is 4. The average Bonchev–Trinajstić information content (AvgIpc) is 3.27. The van der Waals surface area contributed by atoms with Gasteiger partial charge in [0.1, 0.15) is 5.01 Å². The summed E-state index contributed by atoms with van der Waals surface area (Å²) < 4.78 is 39.2. The Morgan fingerprint density at radius 1 is 1.15 bits per heavy atom. The van der Waals surface area contributed by atoms with Crippen LogP contribution >= 0.6 is 22.9 Å². The van der Waals surface area contributed by atoms with E-state index in [4.69, 9.17) is 11.6 Å². The molecule has 2 amide bonds. The fourth-order valence-electron chi connectivity index (χ4n) is 3.12. The quantitative estimate of drug-likeness (QED) is 0.394. The molecule has 0 radical (unpaired) electrons. The van der Waals surface area contributed by atoms with E-state index in [1.807, 2.05) is 6.92 Å². The molecule has 1 N–H and O–H groups in total. The Morgan fingerprint density at radius 2 is 1.85 bits per heavy atom. The largest absolute Gasteiger partial charge is 0.416 e. The Labute approximate surface area is 203 Å². The van der Waals surface area contributed by atoms with Crippen LogP contribution in [0.25, 0.3) is 10.6 Å². The molecule has 1 aromatic heterocycles. The van der Waals surface area contributed by atoms with Gasteiger partial charge in [-0.05, 0) is 43.7 Å². The smallest absolute Gasteiger partial charge is 0.335 e. The van der Waals surface area contributed by atoms with Crippen LogP contribution in [0, 0.1) is 0 Å². The number of carbonyl (C=O) groups is 2. The van der Waals surface area contributed by atoms with Gasteiger partial charge in [-0.15, -0.1) is 10.2 Å². The number of amides is 2. The Balaban J connectivity index is 1.66. The molecule has 180 valence electrons. The molecule has 0 fully saturated rings. The van der Waals surface area contributed by atoms with Crippen LogP contribution in [0.2, 0.25) is 5.02 Å². The number of carbonyl (C=O) groups excluding carboxylic acids is 2. The molecule has 0 unspecified atom stereocenters. The van der Waals surface area contributed by atoms with E-state index in [1.165, 1.54) is 28.4 Å². The van der Waals surface area contributed by atoms with Gasteiger partial charge in [-0.3, -0.25) is 9.59 Å². The van der Waals surface area contributed by atoms with Crippen molar-refractivity contribution in [3.8, 4) is 10.6 Å². The summed E-state index contributed by atoms with van der Waals surface area (Å²) in [6.07, 6.45) is -4.03. The maximum absolute atomic E-state index is 13.1. The summed E-state index contributed by atoms with van der Waals surface area (Å²) in [6, 6.07) is 11.0. The minimum atomic E-state index is -4.55. The molecule has 3 aromatic rings. The van der Waals surface area contributed by atoms with Crippen molar-refractivity contribution in [2.45, 2.75) is 38.9 Å². The van der Waals surface area contributed by atoms with Gasteiger partial charge in [0.2, 0.25) is 11.0 Å². The van der Waals surface area contributed by atoms with E-state index in [0.29, 0.717) is 21.6 Å². The Morgan fingerprint density at radius 3 is 2.50 bits per heavy atom. The van der Waals surface area contributed by atoms with Gasteiger partial charge in [-0.2, -0.15) is 13.2 Å². The van der Waals surface area contributed by atoms with Gasteiger partial charge in [-0.25, -0.2) is 0 Å². The molecule has 6 nitrogen and oxygen atoms in total. The fraction of sp³-hybridized carbons (Fsp3) is 0.304. The molecule has 1 heterocycles. The molecular weight excluding hydrogens is 489 g/mol. The van der Waals surface area contributed by atoms with E-state index < -0.39 is 17.6 Å². The predicted molar refractivity (Wildman–Crippen MR) is 126 cm³/mol. The standard InChI is InChI=1S/C23H22ClF3N4O2S/c1-3-14(2)31(21(33)16-5-4-6-17(13-16)23(25,26)27)12-11-19(32)28-22-30-29-20(34-22)15-7-9-18(24)10-8-15/h4-10,13-14H,3,11-12H2,1-2H3,(H,28,30,32)/t14-/m0/s1. The predicted octanol–water partition coefficient (Wildman–Crippen LogP) is 6.15. The van der Waals surface area contributed by atoms with E-state index in [0.717, 1.165) is 17.7 Å². The van der Waals surface area contributed by atoms with Crippen molar-refractivity contribution in [2.75, 3.05) is 11.9 Å². The van der Waals surface area contributed by atoms with Gasteiger partial charge in [0.15, 0.2) is 0 Å². The summed E-state index contributed by atoms with van der Waals surface area (Å²) in [7, 11) is 0. The number of nitrogens with zero attached hydrogens (tertiary/aromatic N) is 3. The van der Waals surface area contributed by atoms with Crippen LogP contribution in [0.15, 0.2) is 48.5 Å². The van der Waals surface area contributed by atoms with Gasteiger partial charge in [0.25, 0.3) is 5.91 Å². The molecule has 2 aromatic carbocycles. The molecule has 3 rings (SSSR count). The maximum Gasteiger partial charge on any atom is 0.416 e. The zero-order chi connectivity index (χ0) is 24.9. The second kappa shape index (κ2) is 11.0. The Kier molecular flexibility index (Phi) is 8.27. The molecule has 1 atom stereocenters. The van der Waals surface area contributed by atoms with Crippen LogP contribution in [0.1, 0.15) is 42.6 Å². The second-order valence-electron chi connectivity index (χ2n) is 7.55. The molecular formula is C23H22ClF3N4O2S. The highest BCUT2D eigenvalue weighted by Gasteiger charge is 2.31. The first kappa shape index (κ1) is 25.6. The summed E-state index contributed by atoms with van der Waals surface area (Å²) in [5, 5.41) is 12.2. The van der Waals surface area contributed by atoms with E-state index >= 15 is 0 Å². The van der Waals surface area contributed by atoms with Crippen molar-refractivity contribution < 1.29 is 22.8 Å². The lowest BCUT2D eigenvalue weighted by Gasteiger charge is -2.28.